The fourth-order valence-corrected chi connectivity index (χ4v) is 3.29. The van der Waals surface area contributed by atoms with Crippen LogP contribution in [0.4, 0.5) is 0 Å². The number of likely N-dealkylation sites (tertiary alicyclic amines) is 1. The normalized spacial score (nSPS) is 24.4. The van der Waals surface area contributed by atoms with Crippen molar-refractivity contribution in [3.05, 3.63) is 35.1 Å². The van der Waals surface area contributed by atoms with Crippen molar-refractivity contribution in [1.82, 2.24) is 4.90 Å². The summed E-state index contributed by atoms with van der Waals surface area (Å²) in [5.74, 6) is 1.63. The van der Waals surface area contributed by atoms with Gasteiger partial charge in [0.05, 0.1) is 0 Å². The van der Waals surface area contributed by atoms with E-state index in [4.69, 9.17) is 10.2 Å². The zero-order valence-corrected chi connectivity index (χ0v) is 11.9. The summed E-state index contributed by atoms with van der Waals surface area (Å²) in [5, 5.41) is 1.25. The Morgan fingerprint density at radius 3 is 2.84 bits per heavy atom. The number of aryl methyl sites for hydroxylation is 2. The molecule has 0 aliphatic carbocycles. The van der Waals surface area contributed by atoms with E-state index in [1.54, 1.807) is 0 Å². The second kappa shape index (κ2) is 4.66. The monoisotopic (exact) mass is 258 g/mol. The van der Waals surface area contributed by atoms with Crippen molar-refractivity contribution in [2.45, 2.75) is 26.3 Å². The van der Waals surface area contributed by atoms with E-state index in [0.717, 1.165) is 30.9 Å². The third-order valence-electron chi connectivity index (χ3n) is 4.56. The number of hydrogen-bond acceptors (Lipinski definition) is 3. The number of rotatable bonds is 2. The quantitative estimate of drug-likeness (QED) is 0.900. The predicted octanol–water partition coefficient (Wildman–Crippen LogP) is 3.00. The van der Waals surface area contributed by atoms with Crippen LogP contribution in [-0.4, -0.2) is 25.0 Å². The third kappa shape index (κ3) is 1.97. The van der Waals surface area contributed by atoms with Crippen LogP contribution in [0.2, 0.25) is 0 Å². The van der Waals surface area contributed by atoms with E-state index in [9.17, 15) is 0 Å². The fourth-order valence-electron chi connectivity index (χ4n) is 3.29. The highest BCUT2D eigenvalue weighted by Gasteiger charge is 2.31. The smallest absolute Gasteiger partial charge is 0.139 e. The van der Waals surface area contributed by atoms with Crippen LogP contribution >= 0.6 is 0 Å². The number of nitrogens with two attached hydrogens (primary N) is 1. The highest BCUT2D eigenvalue weighted by molar-refractivity contribution is 5.85. The molecule has 19 heavy (non-hydrogen) atoms. The van der Waals surface area contributed by atoms with Crippen molar-refractivity contribution in [2.75, 3.05) is 20.1 Å². The molecular weight excluding hydrogens is 236 g/mol. The lowest BCUT2D eigenvalue weighted by atomic mass is 9.98. The van der Waals surface area contributed by atoms with Crippen LogP contribution in [0.25, 0.3) is 11.0 Å². The fraction of sp³-hybridized carbons (Fsp3) is 0.500. The summed E-state index contributed by atoms with van der Waals surface area (Å²) in [4.78, 5) is 2.40. The van der Waals surface area contributed by atoms with Crippen molar-refractivity contribution in [1.29, 1.82) is 0 Å². The van der Waals surface area contributed by atoms with Crippen LogP contribution in [0.15, 0.2) is 22.6 Å². The highest BCUT2D eigenvalue weighted by atomic mass is 16.3. The lowest BCUT2D eigenvalue weighted by molar-refractivity contribution is 0.313. The number of hydrogen-bond donors (Lipinski definition) is 1. The molecular formula is C16H22N2O. The minimum atomic E-state index is 0.433. The van der Waals surface area contributed by atoms with Gasteiger partial charge in [0.2, 0.25) is 0 Å². The van der Waals surface area contributed by atoms with E-state index in [1.807, 2.05) is 6.92 Å². The van der Waals surface area contributed by atoms with Crippen molar-refractivity contribution in [2.24, 2.45) is 11.7 Å². The van der Waals surface area contributed by atoms with Gasteiger partial charge in [-0.15, -0.1) is 0 Å². The molecule has 0 spiro atoms. The van der Waals surface area contributed by atoms with Gasteiger partial charge in [0.25, 0.3) is 0 Å². The lowest BCUT2D eigenvalue weighted by Gasteiger charge is -2.19. The third-order valence-corrected chi connectivity index (χ3v) is 4.56. The Balaban J connectivity index is 2.08. The molecule has 2 unspecified atom stereocenters. The van der Waals surface area contributed by atoms with Crippen LogP contribution in [0.1, 0.15) is 29.3 Å². The molecule has 0 saturated carbocycles. The number of fused-ring (bicyclic) bond motifs is 1. The maximum Gasteiger partial charge on any atom is 0.139 e. The van der Waals surface area contributed by atoms with Gasteiger partial charge in [-0.1, -0.05) is 18.2 Å². The van der Waals surface area contributed by atoms with Gasteiger partial charge in [-0.25, -0.2) is 0 Å². The van der Waals surface area contributed by atoms with Crippen molar-refractivity contribution in [3.8, 4) is 0 Å². The van der Waals surface area contributed by atoms with Gasteiger partial charge in [0.15, 0.2) is 0 Å². The van der Waals surface area contributed by atoms with E-state index >= 15 is 0 Å². The molecule has 1 saturated heterocycles. The average molecular weight is 258 g/mol. The van der Waals surface area contributed by atoms with Gasteiger partial charge in [-0.3, -0.25) is 4.90 Å². The summed E-state index contributed by atoms with van der Waals surface area (Å²) in [6, 6.07) is 6.93. The summed E-state index contributed by atoms with van der Waals surface area (Å²) in [7, 11) is 2.18. The molecule has 3 nitrogen and oxygen atoms in total. The standard InChI is InChI=1S/C16H22N2O/c1-10-11(2)19-16-13(10)5-4-6-14(16)15-7-12(8-17)9-18(15)3/h4-6,12,15H,7-9,17H2,1-3H3. The molecule has 1 aliphatic heterocycles. The maximum atomic E-state index is 6.00. The SMILES string of the molecule is Cc1oc2c(C3CC(CN)CN3C)cccc2c1C. The number of furan rings is 1. The predicted molar refractivity (Wildman–Crippen MR) is 78.2 cm³/mol. The summed E-state index contributed by atoms with van der Waals surface area (Å²) in [6.45, 7) is 6.02. The first-order valence-electron chi connectivity index (χ1n) is 7.00. The topological polar surface area (TPSA) is 42.4 Å². The number of nitrogens with zero attached hydrogens (tertiary/aromatic N) is 1. The Hall–Kier alpha value is -1.32. The summed E-state index contributed by atoms with van der Waals surface area (Å²) < 4.78 is 6.00. The van der Waals surface area contributed by atoms with Crippen LogP contribution in [-0.2, 0) is 0 Å². The summed E-state index contributed by atoms with van der Waals surface area (Å²) in [5.41, 5.74) is 9.46. The zero-order chi connectivity index (χ0) is 13.6. The molecule has 1 aromatic carbocycles. The zero-order valence-electron chi connectivity index (χ0n) is 11.9. The van der Waals surface area contributed by atoms with Gasteiger partial charge in [-0.05, 0) is 45.3 Å². The minimum Gasteiger partial charge on any atom is -0.461 e. The average Bonchev–Trinajstić information content (AvgIpc) is 2.91. The number of para-hydroxylation sites is 1. The lowest BCUT2D eigenvalue weighted by Crippen LogP contribution is -2.20. The second-order valence-corrected chi connectivity index (χ2v) is 5.80. The van der Waals surface area contributed by atoms with Crippen molar-refractivity contribution < 1.29 is 4.42 Å². The van der Waals surface area contributed by atoms with Crippen LogP contribution < -0.4 is 5.73 Å². The van der Waals surface area contributed by atoms with Crippen LogP contribution in [0, 0.1) is 19.8 Å². The van der Waals surface area contributed by atoms with Gasteiger partial charge in [0, 0.05) is 23.5 Å². The first kappa shape index (κ1) is 12.7. The summed E-state index contributed by atoms with van der Waals surface area (Å²) in [6.07, 6.45) is 1.13. The largest absolute Gasteiger partial charge is 0.461 e. The molecule has 1 aliphatic rings. The Morgan fingerprint density at radius 1 is 1.37 bits per heavy atom. The molecule has 2 N–H and O–H groups in total. The second-order valence-electron chi connectivity index (χ2n) is 5.80. The highest BCUT2D eigenvalue weighted by Crippen LogP contribution is 2.38. The molecule has 2 aromatic rings. The molecule has 0 amide bonds. The van der Waals surface area contributed by atoms with E-state index in [1.165, 1.54) is 16.5 Å². The molecule has 2 heterocycles. The molecule has 2 atom stereocenters. The van der Waals surface area contributed by atoms with Crippen LogP contribution in [0.5, 0.6) is 0 Å². The van der Waals surface area contributed by atoms with Crippen LogP contribution in [0.3, 0.4) is 0 Å². The van der Waals surface area contributed by atoms with E-state index in [2.05, 4.69) is 37.1 Å². The molecule has 0 bridgehead atoms. The summed E-state index contributed by atoms with van der Waals surface area (Å²) >= 11 is 0. The van der Waals surface area contributed by atoms with Gasteiger partial charge in [-0.2, -0.15) is 0 Å². The Kier molecular flexibility index (Phi) is 3.11. The first-order valence-corrected chi connectivity index (χ1v) is 7.00. The van der Waals surface area contributed by atoms with E-state index < -0.39 is 0 Å². The molecule has 102 valence electrons. The molecule has 3 rings (SSSR count). The maximum absolute atomic E-state index is 6.00. The molecule has 3 heteroatoms. The Labute approximate surface area is 114 Å². The van der Waals surface area contributed by atoms with Gasteiger partial charge >= 0.3 is 0 Å². The Morgan fingerprint density at radius 2 is 2.16 bits per heavy atom. The van der Waals surface area contributed by atoms with Gasteiger partial charge < -0.3 is 10.2 Å². The van der Waals surface area contributed by atoms with Crippen molar-refractivity contribution >= 4 is 11.0 Å². The first-order chi connectivity index (χ1) is 9.11. The van der Waals surface area contributed by atoms with E-state index in [0.29, 0.717) is 12.0 Å². The Bertz CT molecular complexity index is 602. The minimum absolute atomic E-state index is 0.433. The van der Waals surface area contributed by atoms with E-state index in [-0.39, 0.29) is 0 Å². The molecule has 1 fully saturated rings. The van der Waals surface area contributed by atoms with Crippen molar-refractivity contribution in [3.63, 3.8) is 0 Å². The molecule has 0 radical (unpaired) electrons. The van der Waals surface area contributed by atoms with Gasteiger partial charge in [0.1, 0.15) is 11.3 Å². The number of benzene rings is 1. The molecule has 1 aromatic heterocycles.